The van der Waals surface area contributed by atoms with Gasteiger partial charge in [0.15, 0.2) is 6.61 Å². The summed E-state index contributed by atoms with van der Waals surface area (Å²) in [6.45, 7) is 2.75. The van der Waals surface area contributed by atoms with E-state index in [0.717, 1.165) is 24.0 Å². The summed E-state index contributed by atoms with van der Waals surface area (Å²) >= 11 is 3.51. The molecule has 2 aromatic carbocycles. The van der Waals surface area contributed by atoms with Crippen molar-refractivity contribution in [3.05, 3.63) is 59.1 Å². The molecular weight excluding hydrogens is 368 g/mol. The topological polar surface area (TPSA) is 41.6 Å². The summed E-state index contributed by atoms with van der Waals surface area (Å²) in [5, 5.41) is 2.98. The molecule has 0 bridgehead atoms. The Kier molecular flexibility index (Phi) is 5.75. The van der Waals surface area contributed by atoms with Crippen LogP contribution < -0.4 is 15.0 Å². The average Bonchev–Trinajstić information content (AvgIpc) is 3.08. The number of nitrogens with zero attached hydrogens (tertiary/aromatic N) is 1. The fourth-order valence-electron chi connectivity index (χ4n) is 2.88. The molecule has 1 fully saturated rings. The highest BCUT2D eigenvalue weighted by molar-refractivity contribution is 9.10. The lowest BCUT2D eigenvalue weighted by atomic mass is 10.1. The van der Waals surface area contributed by atoms with Crippen LogP contribution in [0.3, 0.4) is 0 Å². The minimum Gasteiger partial charge on any atom is -0.484 e. The van der Waals surface area contributed by atoms with Gasteiger partial charge in [-0.05, 0) is 42.7 Å². The number of benzene rings is 2. The van der Waals surface area contributed by atoms with E-state index in [1.54, 1.807) is 0 Å². The van der Waals surface area contributed by atoms with Gasteiger partial charge in [-0.25, -0.2) is 0 Å². The quantitative estimate of drug-likeness (QED) is 0.823. The van der Waals surface area contributed by atoms with Crippen LogP contribution >= 0.6 is 15.9 Å². The van der Waals surface area contributed by atoms with Crippen LogP contribution in [-0.4, -0.2) is 32.1 Å². The molecule has 1 N–H and O–H groups in total. The Bertz CT molecular complexity index is 678. The second kappa shape index (κ2) is 8.20. The van der Waals surface area contributed by atoms with Crippen molar-refractivity contribution >= 4 is 27.5 Å². The van der Waals surface area contributed by atoms with Crippen LogP contribution in [0.15, 0.2) is 59.1 Å². The third-order valence-corrected chi connectivity index (χ3v) is 4.65. The van der Waals surface area contributed by atoms with Gasteiger partial charge in [-0.3, -0.25) is 4.79 Å². The molecule has 1 heterocycles. The van der Waals surface area contributed by atoms with Crippen molar-refractivity contribution in [2.45, 2.75) is 6.42 Å². The normalized spacial score (nSPS) is 16.9. The smallest absolute Gasteiger partial charge is 0.257 e. The number of rotatable bonds is 6. The molecule has 0 saturated carbocycles. The van der Waals surface area contributed by atoms with E-state index in [-0.39, 0.29) is 12.5 Å². The zero-order chi connectivity index (χ0) is 16.8. The van der Waals surface area contributed by atoms with Gasteiger partial charge in [0.05, 0.1) is 0 Å². The Hall–Kier alpha value is -2.01. The van der Waals surface area contributed by atoms with Crippen LogP contribution in [0.25, 0.3) is 0 Å². The first kappa shape index (κ1) is 16.8. The maximum absolute atomic E-state index is 11.9. The van der Waals surface area contributed by atoms with E-state index in [2.05, 4.69) is 44.3 Å². The third kappa shape index (κ3) is 4.74. The molecule has 1 unspecified atom stereocenters. The van der Waals surface area contributed by atoms with Gasteiger partial charge in [-0.15, -0.1) is 0 Å². The van der Waals surface area contributed by atoms with Crippen molar-refractivity contribution in [2.75, 3.05) is 31.1 Å². The van der Waals surface area contributed by atoms with Crippen LogP contribution in [0, 0.1) is 5.92 Å². The van der Waals surface area contributed by atoms with Gasteiger partial charge in [0.1, 0.15) is 5.75 Å². The van der Waals surface area contributed by atoms with E-state index in [9.17, 15) is 4.79 Å². The predicted molar refractivity (Wildman–Crippen MR) is 99.4 cm³/mol. The van der Waals surface area contributed by atoms with Gasteiger partial charge < -0.3 is 15.0 Å². The highest BCUT2D eigenvalue weighted by Gasteiger charge is 2.23. The zero-order valence-electron chi connectivity index (χ0n) is 13.5. The molecule has 24 heavy (non-hydrogen) atoms. The molecule has 2 aromatic rings. The fourth-order valence-corrected chi connectivity index (χ4v) is 3.27. The second-order valence-corrected chi connectivity index (χ2v) is 6.90. The van der Waals surface area contributed by atoms with Crippen molar-refractivity contribution in [1.29, 1.82) is 0 Å². The number of anilines is 1. The molecule has 5 heteroatoms. The summed E-state index contributed by atoms with van der Waals surface area (Å²) < 4.78 is 6.55. The molecule has 1 atom stereocenters. The highest BCUT2D eigenvalue weighted by atomic mass is 79.9. The summed E-state index contributed by atoms with van der Waals surface area (Å²) in [6.07, 6.45) is 1.09. The standard InChI is InChI=1S/C19H21BrN2O2/c20-16-5-4-6-17(11-16)22-10-9-15(13-22)12-21-19(23)14-24-18-7-2-1-3-8-18/h1-8,11,15H,9-10,12-14H2,(H,21,23). The van der Waals surface area contributed by atoms with Gasteiger partial charge in [-0.2, -0.15) is 0 Å². The van der Waals surface area contributed by atoms with E-state index in [0.29, 0.717) is 18.2 Å². The molecule has 1 aliphatic rings. The molecule has 0 aromatic heterocycles. The van der Waals surface area contributed by atoms with E-state index in [1.807, 2.05) is 36.4 Å². The lowest BCUT2D eigenvalue weighted by molar-refractivity contribution is -0.123. The number of hydrogen-bond acceptors (Lipinski definition) is 3. The SMILES string of the molecule is O=C(COc1ccccc1)NCC1CCN(c2cccc(Br)c2)C1. The maximum atomic E-state index is 11.9. The summed E-state index contributed by atoms with van der Waals surface area (Å²) in [5.41, 5.74) is 1.23. The number of ether oxygens (including phenoxy) is 1. The summed E-state index contributed by atoms with van der Waals surface area (Å²) in [4.78, 5) is 14.3. The summed E-state index contributed by atoms with van der Waals surface area (Å²) in [7, 11) is 0. The van der Waals surface area contributed by atoms with Crippen LogP contribution in [-0.2, 0) is 4.79 Å². The van der Waals surface area contributed by atoms with Gasteiger partial charge in [0, 0.05) is 29.8 Å². The Morgan fingerprint density at radius 2 is 2.04 bits per heavy atom. The minimum absolute atomic E-state index is 0.0616. The van der Waals surface area contributed by atoms with Gasteiger partial charge in [0.2, 0.25) is 0 Å². The number of hydrogen-bond donors (Lipinski definition) is 1. The van der Waals surface area contributed by atoms with Crippen LogP contribution in [0.1, 0.15) is 6.42 Å². The van der Waals surface area contributed by atoms with Crippen molar-refractivity contribution in [3.8, 4) is 5.75 Å². The first-order chi connectivity index (χ1) is 11.7. The lowest BCUT2D eigenvalue weighted by Crippen LogP contribution is -2.34. The second-order valence-electron chi connectivity index (χ2n) is 5.99. The molecular formula is C19H21BrN2O2. The maximum Gasteiger partial charge on any atom is 0.257 e. The fraction of sp³-hybridized carbons (Fsp3) is 0.316. The molecule has 1 amide bonds. The van der Waals surface area contributed by atoms with Crippen molar-refractivity contribution in [2.24, 2.45) is 5.92 Å². The van der Waals surface area contributed by atoms with Gasteiger partial charge in [0.25, 0.3) is 5.91 Å². The average molecular weight is 389 g/mol. The zero-order valence-corrected chi connectivity index (χ0v) is 15.0. The Morgan fingerprint density at radius 3 is 2.83 bits per heavy atom. The van der Waals surface area contributed by atoms with E-state index in [1.165, 1.54) is 5.69 Å². The molecule has 126 valence electrons. The number of halogens is 1. The van der Waals surface area contributed by atoms with Gasteiger partial charge in [-0.1, -0.05) is 40.2 Å². The largest absolute Gasteiger partial charge is 0.484 e. The van der Waals surface area contributed by atoms with Gasteiger partial charge >= 0.3 is 0 Å². The molecule has 0 spiro atoms. The molecule has 1 saturated heterocycles. The summed E-state index contributed by atoms with van der Waals surface area (Å²) in [5.74, 6) is 1.12. The molecule has 0 aliphatic carbocycles. The van der Waals surface area contributed by atoms with E-state index >= 15 is 0 Å². The monoisotopic (exact) mass is 388 g/mol. The Balaban J connectivity index is 1.40. The van der Waals surface area contributed by atoms with Crippen molar-refractivity contribution in [3.63, 3.8) is 0 Å². The molecule has 3 rings (SSSR count). The highest BCUT2D eigenvalue weighted by Crippen LogP contribution is 2.25. The summed E-state index contributed by atoms with van der Waals surface area (Å²) in [6, 6.07) is 17.7. The number of amides is 1. The van der Waals surface area contributed by atoms with Crippen molar-refractivity contribution in [1.82, 2.24) is 5.32 Å². The predicted octanol–water partition coefficient (Wildman–Crippen LogP) is 3.47. The van der Waals surface area contributed by atoms with Crippen LogP contribution in [0.2, 0.25) is 0 Å². The minimum atomic E-state index is -0.0697. The number of carbonyl (C=O) groups is 1. The number of para-hydroxylation sites is 1. The van der Waals surface area contributed by atoms with E-state index in [4.69, 9.17) is 4.74 Å². The molecule has 4 nitrogen and oxygen atoms in total. The van der Waals surface area contributed by atoms with E-state index < -0.39 is 0 Å². The lowest BCUT2D eigenvalue weighted by Gasteiger charge is -2.19. The first-order valence-electron chi connectivity index (χ1n) is 8.16. The Morgan fingerprint density at radius 1 is 1.21 bits per heavy atom. The Labute approximate surface area is 150 Å². The molecule has 1 aliphatic heterocycles. The molecule has 0 radical (unpaired) electrons. The van der Waals surface area contributed by atoms with Crippen molar-refractivity contribution < 1.29 is 9.53 Å². The number of nitrogens with one attached hydrogen (secondary N) is 1. The third-order valence-electron chi connectivity index (χ3n) is 4.16. The first-order valence-corrected chi connectivity index (χ1v) is 8.95. The van der Waals surface area contributed by atoms with Crippen LogP contribution in [0.5, 0.6) is 5.75 Å². The van der Waals surface area contributed by atoms with Crippen LogP contribution in [0.4, 0.5) is 5.69 Å². The number of carbonyl (C=O) groups excluding carboxylic acids is 1.